The van der Waals surface area contributed by atoms with E-state index >= 15 is 0 Å². The average Bonchev–Trinajstić information content (AvgIpc) is 2.37. The molecule has 104 valence electrons. The van der Waals surface area contributed by atoms with Gasteiger partial charge in [0, 0.05) is 6.08 Å². The molecule has 0 N–H and O–H groups in total. The molecule has 0 aliphatic carbocycles. The van der Waals surface area contributed by atoms with E-state index in [2.05, 4.69) is 13.8 Å². The Morgan fingerprint density at radius 3 is 2.42 bits per heavy atom. The van der Waals surface area contributed by atoms with Crippen molar-refractivity contribution in [3.05, 3.63) is 35.9 Å². The summed E-state index contributed by atoms with van der Waals surface area (Å²) in [6.45, 7) is 9.01. The summed E-state index contributed by atoms with van der Waals surface area (Å²) in [5, 5.41) is 0. The summed E-state index contributed by atoms with van der Waals surface area (Å²) in [7, 11) is 0. The smallest absolute Gasteiger partial charge is 0.331 e. The largest absolute Gasteiger partial charge is 0.493 e. The van der Waals surface area contributed by atoms with Gasteiger partial charge in [-0.3, -0.25) is 0 Å². The van der Waals surface area contributed by atoms with Crippen LogP contribution in [0.1, 0.15) is 33.3 Å². The number of allylic oxidation sites excluding steroid dienone is 1. The second kappa shape index (κ2) is 7.62. The number of carbonyl (C=O) groups is 1. The van der Waals surface area contributed by atoms with Crippen LogP contribution >= 0.6 is 0 Å². The van der Waals surface area contributed by atoms with Crippen LogP contribution in [0.4, 0.5) is 0 Å². The maximum absolute atomic E-state index is 11.3. The molecule has 1 rings (SSSR count). The van der Waals surface area contributed by atoms with Crippen LogP contribution in [0.2, 0.25) is 0 Å². The summed E-state index contributed by atoms with van der Waals surface area (Å²) < 4.78 is 10.5. The molecule has 0 radical (unpaired) electrons. The van der Waals surface area contributed by atoms with Gasteiger partial charge < -0.3 is 9.47 Å². The number of carbonyl (C=O) groups excluding carboxylic acids is 1. The van der Waals surface area contributed by atoms with Gasteiger partial charge in [0.05, 0.1) is 13.2 Å². The lowest BCUT2D eigenvalue weighted by molar-refractivity contribution is -0.137. The first-order valence-electron chi connectivity index (χ1n) is 6.61. The van der Waals surface area contributed by atoms with Crippen molar-refractivity contribution < 1.29 is 14.3 Å². The minimum atomic E-state index is -0.305. The van der Waals surface area contributed by atoms with E-state index in [1.807, 2.05) is 31.2 Å². The Morgan fingerprint density at radius 1 is 1.26 bits per heavy atom. The van der Waals surface area contributed by atoms with Crippen LogP contribution in [0.3, 0.4) is 0 Å². The minimum absolute atomic E-state index is 0.305. The van der Waals surface area contributed by atoms with Crippen LogP contribution in [0, 0.1) is 5.92 Å². The van der Waals surface area contributed by atoms with Crippen molar-refractivity contribution in [1.82, 2.24) is 0 Å². The van der Waals surface area contributed by atoms with Gasteiger partial charge in [0.2, 0.25) is 0 Å². The number of esters is 1. The highest BCUT2D eigenvalue weighted by atomic mass is 16.5. The number of hydrogen-bond acceptors (Lipinski definition) is 3. The molecule has 19 heavy (non-hydrogen) atoms. The van der Waals surface area contributed by atoms with Gasteiger partial charge in [-0.25, -0.2) is 4.79 Å². The number of ether oxygens (including phenoxy) is 2. The summed E-state index contributed by atoms with van der Waals surface area (Å²) in [6.07, 6.45) is 1.51. The van der Waals surface area contributed by atoms with Crippen LogP contribution in [0.15, 0.2) is 30.3 Å². The first-order chi connectivity index (χ1) is 9.02. The molecule has 0 atom stereocenters. The quantitative estimate of drug-likeness (QED) is 0.579. The van der Waals surface area contributed by atoms with Gasteiger partial charge in [-0.1, -0.05) is 26.0 Å². The number of benzene rings is 1. The van der Waals surface area contributed by atoms with Crippen molar-refractivity contribution in [2.75, 3.05) is 13.2 Å². The molecular formula is C16H22O3. The van der Waals surface area contributed by atoms with Crippen LogP contribution in [-0.4, -0.2) is 19.2 Å². The van der Waals surface area contributed by atoms with Crippen molar-refractivity contribution >= 4 is 11.5 Å². The predicted octanol–water partition coefficient (Wildman–Crippen LogP) is 3.69. The van der Waals surface area contributed by atoms with E-state index in [4.69, 9.17) is 9.47 Å². The first-order valence-corrected chi connectivity index (χ1v) is 6.61. The Balaban J connectivity index is 2.67. The van der Waals surface area contributed by atoms with Crippen molar-refractivity contribution in [2.24, 2.45) is 5.92 Å². The van der Waals surface area contributed by atoms with Crippen molar-refractivity contribution in [3.63, 3.8) is 0 Å². The zero-order valence-electron chi connectivity index (χ0n) is 12.1. The molecule has 3 nitrogen and oxygen atoms in total. The molecule has 0 spiro atoms. The molecule has 0 bridgehead atoms. The molecule has 0 saturated carbocycles. The van der Waals surface area contributed by atoms with E-state index in [9.17, 15) is 4.79 Å². The number of hydrogen-bond donors (Lipinski definition) is 0. The summed E-state index contributed by atoms with van der Waals surface area (Å²) in [4.78, 5) is 11.3. The van der Waals surface area contributed by atoms with Crippen LogP contribution in [-0.2, 0) is 9.53 Å². The second-order valence-electron chi connectivity index (χ2n) is 4.81. The second-order valence-corrected chi connectivity index (χ2v) is 4.81. The standard InChI is InChI=1S/C16H22O3/c1-5-18-16(17)10-13(4)14-6-8-15(9-7-14)19-11-12(2)3/h6-10,12H,5,11H2,1-4H3. The van der Waals surface area contributed by atoms with Gasteiger partial charge >= 0.3 is 5.97 Å². The molecule has 0 amide bonds. The summed E-state index contributed by atoms with van der Waals surface area (Å²) in [5.41, 5.74) is 1.87. The maximum Gasteiger partial charge on any atom is 0.331 e. The van der Waals surface area contributed by atoms with Crippen LogP contribution in [0.25, 0.3) is 5.57 Å². The zero-order valence-corrected chi connectivity index (χ0v) is 12.1. The normalized spacial score (nSPS) is 11.5. The van der Waals surface area contributed by atoms with E-state index in [1.165, 1.54) is 6.08 Å². The predicted molar refractivity (Wildman–Crippen MR) is 77.1 cm³/mol. The van der Waals surface area contributed by atoms with Gasteiger partial charge in [-0.15, -0.1) is 0 Å². The lowest BCUT2D eigenvalue weighted by Crippen LogP contribution is -2.04. The Kier molecular flexibility index (Phi) is 6.13. The third-order valence-electron chi connectivity index (χ3n) is 2.51. The molecule has 0 saturated heterocycles. The molecule has 0 fully saturated rings. The molecule has 1 aromatic rings. The van der Waals surface area contributed by atoms with Crippen molar-refractivity contribution in [2.45, 2.75) is 27.7 Å². The molecule has 0 aliphatic heterocycles. The lowest BCUT2D eigenvalue weighted by atomic mass is 10.1. The Morgan fingerprint density at radius 2 is 1.89 bits per heavy atom. The maximum atomic E-state index is 11.3. The Labute approximate surface area is 115 Å². The minimum Gasteiger partial charge on any atom is -0.493 e. The third kappa shape index (κ3) is 5.60. The first kappa shape index (κ1) is 15.3. The summed E-state index contributed by atoms with van der Waals surface area (Å²) >= 11 is 0. The van der Waals surface area contributed by atoms with Gasteiger partial charge in [-0.05, 0) is 43.0 Å². The van der Waals surface area contributed by atoms with Crippen molar-refractivity contribution in [3.8, 4) is 5.75 Å². The topological polar surface area (TPSA) is 35.5 Å². The van der Waals surface area contributed by atoms with E-state index in [-0.39, 0.29) is 5.97 Å². The number of rotatable bonds is 6. The fourth-order valence-electron chi connectivity index (χ4n) is 1.52. The van der Waals surface area contributed by atoms with E-state index < -0.39 is 0 Å². The zero-order chi connectivity index (χ0) is 14.3. The fourth-order valence-corrected chi connectivity index (χ4v) is 1.52. The van der Waals surface area contributed by atoms with Crippen molar-refractivity contribution in [1.29, 1.82) is 0 Å². The van der Waals surface area contributed by atoms with E-state index in [0.717, 1.165) is 16.9 Å². The molecule has 3 heteroatoms. The SMILES string of the molecule is CCOC(=O)C=C(C)c1ccc(OCC(C)C)cc1. The summed E-state index contributed by atoms with van der Waals surface area (Å²) in [6, 6.07) is 7.72. The highest BCUT2D eigenvalue weighted by Crippen LogP contribution is 2.19. The molecular weight excluding hydrogens is 240 g/mol. The van der Waals surface area contributed by atoms with Crippen LogP contribution < -0.4 is 4.74 Å². The Bertz CT molecular complexity index is 430. The van der Waals surface area contributed by atoms with Gasteiger partial charge in [0.1, 0.15) is 5.75 Å². The lowest BCUT2D eigenvalue weighted by Gasteiger charge is -2.09. The summed E-state index contributed by atoms with van der Waals surface area (Å²) in [5.74, 6) is 1.05. The molecule has 0 heterocycles. The highest BCUT2D eigenvalue weighted by Gasteiger charge is 2.02. The molecule has 0 aromatic heterocycles. The molecule has 1 aromatic carbocycles. The van der Waals surface area contributed by atoms with Crippen LogP contribution in [0.5, 0.6) is 5.75 Å². The monoisotopic (exact) mass is 262 g/mol. The van der Waals surface area contributed by atoms with Gasteiger partial charge in [0.25, 0.3) is 0 Å². The third-order valence-corrected chi connectivity index (χ3v) is 2.51. The van der Waals surface area contributed by atoms with E-state index in [1.54, 1.807) is 6.92 Å². The molecule has 0 aliphatic rings. The Hall–Kier alpha value is -1.77. The average molecular weight is 262 g/mol. The highest BCUT2D eigenvalue weighted by molar-refractivity contribution is 5.90. The van der Waals surface area contributed by atoms with E-state index in [0.29, 0.717) is 19.1 Å². The fraction of sp³-hybridized carbons (Fsp3) is 0.438. The van der Waals surface area contributed by atoms with Gasteiger partial charge in [0.15, 0.2) is 0 Å². The molecule has 0 unspecified atom stereocenters. The van der Waals surface area contributed by atoms with Gasteiger partial charge in [-0.2, -0.15) is 0 Å².